The van der Waals surface area contributed by atoms with Crippen LogP contribution in [0.3, 0.4) is 0 Å². The van der Waals surface area contributed by atoms with Crippen molar-refractivity contribution in [2.24, 2.45) is 10.2 Å². The van der Waals surface area contributed by atoms with Crippen LogP contribution in [0.15, 0.2) is 82.8 Å². The molecular formula is C23H18N7Na3O12S4. The van der Waals surface area contributed by atoms with E-state index in [0.717, 1.165) is 12.1 Å². The number of hydrogen-bond acceptors (Lipinski definition) is 17. The summed E-state index contributed by atoms with van der Waals surface area (Å²) in [6.07, 6.45) is 2.48. The van der Waals surface area contributed by atoms with Gasteiger partial charge in [0, 0.05) is 11.8 Å². The Morgan fingerprint density at radius 2 is 1.41 bits per heavy atom. The molecule has 2 aromatic heterocycles. The molecule has 0 spiro atoms. The Morgan fingerprint density at radius 3 is 1.94 bits per heavy atom. The summed E-state index contributed by atoms with van der Waals surface area (Å²) in [6.45, 7) is 1.56. The zero-order chi connectivity index (χ0) is 33.8. The van der Waals surface area contributed by atoms with E-state index >= 15 is 0 Å². The third-order valence-electron chi connectivity index (χ3n) is 6.35. The number of nitrogens with zero attached hydrogens (tertiary/aromatic N) is 5. The maximum atomic E-state index is 13.0. The normalized spacial score (nSPS) is 14.0. The predicted octanol–water partition coefficient (Wildman–Crippen LogP) is -6.98. The molecule has 1 aliphatic carbocycles. The van der Waals surface area contributed by atoms with Gasteiger partial charge in [-0.1, -0.05) is 5.11 Å². The SMILES string of the molecule is Cc1nn(C2=CC=C(S(=O)(=O)Nc3cc(S(=O)(=O)[O-])cc(S(=O)(=O)[O-])c3)CC2)c(N)c1N=Nc1nc2ccc(S(=O)(=O)[O-])cc2o1.[Na+].[Na+].[Na+]. The van der Waals surface area contributed by atoms with Gasteiger partial charge in [-0.05, 0) is 62.2 Å². The van der Waals surface area contributed by atoms with Crippen LogP contribution in [0.4, 0.5) is 23.2 Å². The fourth-order valence-electron chi connectivity index (χ4n) is 4.21. The van der Waals surface area contributed by atoms with Crippen molar-refractivity contribution in [3.8, 4) is 0 Å². The molecule has 0 saturated heterocycles. The largest absolute Gasteiger partial charge is 1.00 e. The zero-order valence-corrected chi connectivity index (χ0v) is 35.1. The minimum Gasteiger partial charge on any atom is -0.744 e. The van der Waals surface area contributed by atoms with Crippen molar-refractivity contribution in [2.75, 3.05) is 10.5 Å². The minimum atomic E-state index is -5.25. The smallest absolute Gasteiger partial charge is 0.744 e. The first-order valence-electron chi connectivity index (χ1n) is 12.4. The van der Waals surface area contributed by atoms with Crippen LogP contribution in [0.25, 0.3) is 16.8 Å². The molecule has 1 aliphatic rings. The predicted molar refractivity (Wildman–Crippen MR) is 154 cm³/mol. The summed E-state index contributed by atoms with van der Waals surface area (Å²) in [7, 11) is -19.7. The molecule has 19 nitrogen and oxygen atoms in total. The summed E-state index contributed by atoms with van der Waals surface area (Å²) in [4.78, 5) is 1.05. The number of allylic oxidation sites excluding steroid dienone is 4. The average molecular weight is 782 g/mol. The van der Waals surface area contributed by atoms with Gasteiger partial charge in [0.05, 0.1) is 31.0 Å². The maximum Gasteiger partial charge on any atom is 1.00 e. The summed E-state index contributed by atoms with van der Waals surface area (Å²) in [5.41, 5.74) is 6.59. The minimum absolute atomic E-state index is 0. The fourth-order valence-corrected chi connectivity index (χ4v) is 7.03. The van der Waals surface area contributed by atoms with Crippen molar-refractivity contribution >= 4 is 80.4 Å². The first kappa shape index (κ1) is 43.6. The van der Waals surface area contributed by atoms with Crippen LogP contribution in [-0.2, 0) is 40.4 Å². The average Bonchev–Trinajstić information content (AvgIpc) is 3.48. The Labute approximate surface area is 345 Å². The van der Waals surface area contributed by atoms with Gasteiger partial charge in [-0.15, -0.1) is 5.11 Å². The monoisotopic (exact) mass is 781 g/mol. The first-order chi connectivity index (χ1) is 21.2. The van der Waals surface area contributed by atoms with E-state index in [2.05, 4.69) is 20.3 Å². The Kier molecular flexibility index (Phi) is 14.3. The molecular weight excluding hydrogens is 764 g/mol. The van der Waals surface area contributed by atoms with Gasteiger partial charge in [0.25, 0.3) is 10.0 Å². The van der Waals surface area contributed by atoms with Gasteiger partial charge >= 0.3 is 94.7 Å². The van der Waals surface area contributed by atoms with Crippen LogP contribution in [0.1, 0.15) is 18.5 Å². The molecule has 0 atom stereocenters. The molecule has 0 unspecified atom stereocenters. The Balaban J connectivity index is 0.00000278. The van der Waals surface area contributed by atoms with E-state index in [-0.39, 0.29) is 135 Å². The quantitative estimate of drug-likeness (QED) is 0.0906. The molecule has 244 valence electrons. The summed E-state index contributed by atoms with van der Waals surface area (Å²) >= 11 is 0. The van der Waals surface area contributed by atoms with E-state index < -0.39 is 60.8 Å². The summed E-state index contributed by atoms with van der Waals surface area (Å²) < 4.78 is 137. The Morgan fingerprint density at radius 1 is 0.816 bits per heavy atom. The number of benzene rings is 2. The number of oxazole rings is 1. The third kappa shape index (κ3) is 10.1. The zero-order valence-electron chi connectivity index (χ0n) is 25.9. The van der Waals surface area contributed by atoms with Crippen LogP contribution >= 0.6 is 0 Å². The van der Waals surface area contributed by atoms with Crippen LogP contribution in [-0.4, -0.2) is 62.1 Å². The van der Waals surface area contributed by atoms with Crippen molar-refractivity contribution < 1.29 is 140 Å². The van der Waals surface area contributed by atoms with Gasteiger partial charge in [-0.2, -0.15) is 10.1 Å². The fraction of sp³-hybridized carbons (Fsp3) is 0.130. The van der Waals surface area contributed by atoms with E-state index in [1.54, 1.807) is 6.92 Å². The topological polar surface area (TPSA) is 312 Å². The number of anilines is 2. The maximum absolute atomic E-state index is 13.0. The van der Waals surface area contributed by atoms with E-state index in [4.69, 9.17) is 10.2 Å². The van der Waals surface area contributed by atoms with Crippen LogP contribution in [0.5, 0.6) is 0 Å². The number of nitrogen functional groups attached to an aromatic ring is 1. The number of fused-ring (bicyclic) bond motifs is 1. The molecule has 2 heterocycles. The molecule has 2 aromatic carbocycles. The Hall–Kier alpha value is -1.52. The summed E-state index contributed by atoms with van der Waals surface area (Å²) in [5.74, 6) is 0.00293. The van der Waals surface area contributed by atoms with E-state index in [0.29, 0.717) is 29.6 Å². The molecule has 49 heavy (non-hydrogen) atoms. The van der Waals surface area contributed by atoms with Gasteiger partial charge in [0.2, 0.25) is 0 Å². The van der Waals surface area contributed by atoms with Gasteiger partial charge in [-0.25, -0.2) is 38.4 Å². The molecule has 0 saturated carbocycles. The molecule has 0 bridgehead atoms. The molecule has 26 heteroatoms. The molecule has 0 radical (unpaired) electrons. The molecule has 4 aromatic rings. The standard InChI is InChI=1S/C23H21N7O12S4.3Na/c1-12-21(26-27-23-25-19-7-6-16(44(33,34)35)11-20(19)42-23)22(24)30(28-12)14-2-4-15(5-3-14)43(31,32)29-13-8-17(45(36,37)38)10-18(9-13)46(39,40)41;;;/h2,4,6-11,29H,3,5,24H2,1H3,(H,33,34,35)(H,36,37,38)(H,39,40,41);;;/q;3*+1/p-3. The van der Waals surface area contributed by atoms with Crippen LogP contribution in [0, 0.1) is 6.92 Å². The number of nitrogens with one attached hydrogen (secondary N) is 1. The number of rotatable bonds is 9. The van der Waals surface area contributed by atoms with Gasteiger partial charge in [-0.3, -0.25) is 4.72 Å². The van der Waals surface area contributed by atoms with Gasteiger partial charge < -0.3 is 23.8 Å². The van der Waals surface area contributed by atoms with Crippen molar-refractivity contribution in [1.82, 2.24) is 14.8 Å². The van der Waals surface area contributed by atoms with Crippen LogP contribution < -0.4 is 99.1 Å². The Bertz CT molecular complexity index is 2430. The van der Waals surface area contributed by atoms with Crippen molar-refractivity contribution in [2.45, 2.75) is 34.5 Å². The van der Waals surface area contributed by atoms with E-state index in [1.807, 2.05) is 4.72 Å². The van der Waals surface area contributed by atoms with Crippen molar-refractivity contribution in [3.63, 3.8) is 0 Å². The number of azo groups is 1. The molecule has 3 N–H and O–H groups in total. The van der Waals surface area contributed by atoms with Crippen molar-refractivity contribution in [1.29, 1.82) is 0 Å². The second-order valence-corrected chi connectivity index (χ2v) is 15.4. The summed E-state index contributed by atoms with van der Waals surface area (Å²) in [6, 6.07) is 4.54. The third-order valence-corrected chi connectivity index (χ3v) is 10.3. The summed E-state index contributed by atoms with van der Waals surface area (Å²) in [5, 5.41) is 12.2. The number of aryl methyl sites for hydroxylation is 1. The number of aromatic nitrogens is 3. The second kappa shape index (κ2) is 16.0. The molecule has 0 amide bonds. The second-order valence-electron chi connectivity index (χ2n) is 9.51. The van der Waals surface area contributed by atoms with E-state index in [9.17, 15) is 47.3 Å². The molecule has 0 fully saturated rings. The van der Waals surface area contributed by atoms with E-state index in [1.165, 1.54) is 22.9 Å². The van der Waals surface area contributed by atoms with Crippen molar-refractivity contribution in [3.05, 3.63) is 59.1 Å². The number of hydrogen-bond donors (Lipinski definition) is 2. The first-order valence-corrected chi connectivity index (χ1v) is 18.1. The number of sulfonamides is 1. The number of nitrogens with two attached hydrogens (primary N) is 1. The van der Waals surface area contributed by atoms with Gasteiger partial charge in [0.1, 0.15) is 35.9 Å². The van der Waals surface area contributed by atoms with Crippen LogP contribution in [0.2, 0.25) is 0 Å². The molecule has 0 aliphatic heterocycles. The van der Waals surface area contributed by atoms with Gasteiger partial charge in [0.15, 0.2) is 17.1 Å². The molecule has 5 rings (SSSR count).